The summed E-state index contributed by atoms with van der Waals surface area (Å²) < 4.78 is 32.3. The molecule has 0 spiro atoms. The minimum atomic E-state index is -5.05. The molecule has 0 heterocycles. The van der Waals surface area contributed by atoms with Gasteiger partial charge in [-0.2, -0.15) is 8.42 Å². The molecule has 1 atom stereocenters. The van der Waals surface area contributed by atoms with Crippen LogP contribution in [0.15, 0.2) is 0 Å². The van der Waals surface area contributed by atoms with Crippen molar-refractivity contribution < 1.29 is 27.4 Å². The zero-order chi connectivity index (χ0) is 9.94. The quantitative estimate of drug-likeness (QED) is 0.258. The summed E-state index contributed by atoms with van der Waals surface area (Å²) >= 11 is 0. The summed E-state index contributed by atoms with van der Waals surface area (Å²) in [6.45, 7) is 0. The molecule has 1 N–H and O–H groups in total. The third-order valence-corrected chi connectivity index (χ3v) is 1.81. The van der Waals surface area contributed by atoms with Crippen LogP contribution in [0.3, 0.4) is 0 Å². The average Bonchev–Trinajstić information content (AvgIpc) is 1.83. The molecule has 0 fully saturated rings. The average molecular weight is 199 g/mol. The molecule has 0 saturated carbocycles. The van der Waals surface area contributed by atoms with Crippen molar-refractivity contribution in [3.8, 4) is 0 Å². The fourth-order valence-corrected chi connectivity index (χ4v) is 0.974. The molecule has 0 unspecified atom stereocenters. The van der Waals surface area contributed by atoms with Gasteiger partial charge in [-0.3, -0.25) is 14.7 Å². The minimum absolute atomic E-state index is 0.768. The van der Waals surface area contributed by atoms with Crippen molar-refractivity contribution in [1.82, 2.24) is 0 Å². The summed E-state index contributed by atoms with van der Waals surface area (Å²) in [5.41, 5.74) is 0. The predicted octanol–water partition coefficient (Wildman–Crippen LogP) is -1.35. The number of nitrogens with zero attached hydrogens (tertiary/aromatic N) is 1. The van der Waals surface area contributed by atoms with Crippen molar-refractivity contribution in [2.75, 3.05) is 7.11 Å². The molecule has 0 radical (unpaired) electrons. The molecular formula is C3H5NO7S. The molecule has 0 aromatic carbocycles. The summed E-state index contributed by atoms with van der Waals surface area (Å²) in [6, 6.07) is 0. The number of hydrogen-bond acceptors (Lipinski definition) is 6. The topological polar surface area (TPSA) is 124 Å². The van der Waals surface area contributed by atoms with Gasteiger partial charge in [0, 0.05) is 0 Å². The standard InChI is InChI=1S/C3H5NO7S/c1-11-3(5)2(4(6)7)12(8,9)10/h2H,1H3,(H,8,9,10)/t2-/m1/s1. The first-order valence-electron chi connectivity index (χ1n) is 2.48. The first-order valence-corrected chi connectivity index (χ1v) is 3.98. The van der Waals surface area contributed by atoms with E-state index in [9.17, 15) is 23.3 Å². The SMILES string of the molecule is COC(=O)[C@H]([N+](=O)[O-])S(=O)(=O)O. The van der Waals surface area contributed by atoms with Crippen LogP contribution >= 0.6 is 0 Å². The predicted molar refractivity (Wildman–Crippen MR) is 34.3 cm³/mol. The van der Waals surface area contributed by atoms with Gasteiger partial charge < -0.3 is 4.74 Å². The van der Waals surface area contributed by atoms with Gasteiger partial charge in [-0.25, -0.2) is 4.79 Å². The van der Waals surface area contributed by atoms with E-state index in [0.717, 1.165) is 7.11 Å². The van der Waals surface area contributed by atoms with Crippen LogP contribution in [0.5, 0.6) is 0 Å². The summed E-state index contributed by atoms with van der Waals surface area (Å²) in [7, 11) is -4.28. The summed E-state index contributed by atoms with van der Waals surface area (Å²) in [5, 5.41) is 7.15. The van der Waals surface area contributed by atoms with Gasteiger partial charge in [-0.05, 0) is 0 Å². The summed E-state index contributed by atoms with van der Waals surface area (Å²) in [5.74, 6) is -1.64. The van der Waals surface area contributed by atoms with Crippen molar-refractivity contribution in [2.24, 2.45) is 0 Å². The summed E-state index contributed by atoms with van der Waals surface area (Å²) in [6.07, 6.45) is 0. The molecular weight excluding hydrogens is 194 g/mol. The minimum Gasteiger partial charge on any atom is -0.463 e. The van der Waals surface area contributed by atoms with Gasteiger partial charge in [0.1, 0.15) is 0 Å². The van der Waals surface area contributed by atoms with Crippen LogP contribution in [0.25, 0.3) is 0 Å². The molecule has 0 aliphatic carbocycles. The van der Waals surface area contributed by atoms with Crippen LogP contribution in [0.1, 0.15) is 0 Å². The van der Waals surface area contributed by atoms with Gasteiger partial charge in [-0.1, -0.05) is 0 Å². The molecule has 0 bridgehead atoms. The number of methoxy groups -OCH3 is 1. The highest BCUT2D eigenvalue weighted by Crippen LogP contribution is 2.01. The van der Waals surface area contributed by atoms with Gasteiger partial charge in [0.05, 0.1) is 12.0 Å². The van der Waals surface area contributed by atoms with E-state index in [4.69, 9.17) is 4.55 Å². The van der Waals surface area contributed by atoms with Gasteiger partial charge >= 0.3 is 21.5 Å². The Hall–Kier alpha value is -1.22. The van der Waals surface area contributed by atoms with Gasteiger partial charge in [0.25, 0.3) is 0 Å². The molecule has 70 valence electrons. The van der Waals surface area contributed by atoms with Crippen molar-refractivity contribution in [3.05, 3.63) is 10.1 Å². The van der Waals surface area contributed by atoms with Crippen LogP contribution in [-0.2, 0) is 19.6 Å². The van der Waals surface area contributed by atoms with Gasteiger partial charge in [-0.15, -0.1) is 0 Å². The first-order chi connectivity index (χ1) is 5.30. The monoisotopic (exact) mass is 199 g/mol. The number of carbonyl (C=O) groups excluding carboxylic acids is 1. The third kappa shape index (κ3) is 2.43. The zero-order valence-corrected chi connectivity index (χ0v) is 6.65. The molecule has 0 saturated heterocycles. The van der Waals surface area contributed by atoms with Crippen LogP contribution < -0.4 is 0 Å². The van der Waals surface area contributed by atoms with Gasteiger partial charge in [0.15, 0.2) is 0 Å². The zero-order valence-electron chi connectivity index (χ0n) is 5.83. The number of nitro groups is 1. The second-order valence-corrected chi connectivity index (χ2v) is 3.15. The van der Waals surface area contributed by atoms with Crippen molar-refractivity contribution >= 4 is 16.1 Å². The van der Waals surface area contributed by atoms with Crippen molar-refractivity contribution in [2.45, 2.75) is 5.37 Å². The molecule has 0 aliphatic rings. The van der Waals surface area contributed by atoms with E-state index < -0.39 is 26.4 Å². The Balaban J connectivity index is 4.95. The molecule has 0 aliphatic heterocycles. The lowest BCUT2D eigenvalue weighted by Gasteiger charge is -2.02. The normalized spacial score (nSPS) is 13.5. The largest absolute Gasteiger partial charge is 0.463 e. The van der Waals surface area contributed by atoms with E-state index in [2.05, 4.69) is 4.74 Å². The molecule has 9 heteroatoms. The number of hydrogen-bond donors (Lipinski definition) is 1. The fourth-order valence-electron chi connectivity index (χ4n) is 0.417. The number of ether oxygens (including phenoxy) is 1. The fraction of sp³-hybridized carbons (Fsp3) is 0.667. The second kappa shape index (κ2) is 3.45. The molecule has 8 nitrogen and oxygen atoms in total. The van der Waals surface area contributed by atoms with Crippen LogP contribution in [0.2, 0.25) is 0 Å². The molecule has 0 rings (SSSR count). The molecule has 0 aromatic heterocycles. The van der Waals surface area contributed by atoms with E-state index in [1.165, 1.54) is 0 Å². The van der Waals surface area contributed by atoms with Crippen LogP contribution in [0, 0.1) is 10.1 Å². The third-order valence-electron chi connectivity index (χ3n) is 0.876. The molecule has 0 amide bonds. The molecule has 0 aromatic rings. The highest BCUT2D eigenvalue weighted by atomic mass is 32.2. The highest BCUT2D eigenvalue weighted by molar-refractivity contribution is 7.87. The molecule has 12 heavy (non-hydrogen) atoms. The Morgan fingerprint density at radius 2 is 2.08 bits per heavy atom. The van der Waals surface area contributed by atoms with E-state index >= 15 is 0 Å². The number of rotatable bonds is 3. The number of esters is 1. The Bertz CT molecular complexity index is 292. The first kappa shape index (κ1) is 10.8. The van der Waals surface area contributed by atoms with Crippen molar-refractivity contribution in [1.29, 1.82) is 0 Å². The lowest BCUT2D eigenvalue weighted by molar-refractivity contribution is -0.487. The van der Waals surface area contributed by atoms with Crippen LogP contribution in [-0.4, -0.2) is 36.3 Å². The maximum atomic E-state index is 10.4. The maximum absolute atomic E-state index is 10.4. The van der Waals surface area contributed by atoms with E-state index in [1.54, 1.807) is 0 Å². The maximum Gasteiger partial charge on any atom is 0.428 e. The smallest absolute Gasteiger partial charge is 0.428 e. The Morgan fingerprint density at radius 1 is 1.67 bits per heavy atom. The second-order valence-electron chi connectivity index (χ2n) is 1.68. The summed E-state index contributed by atoms with van der Waals surface area (Å²) in [4.78, 5) is 18.9. The van der Waals surface area contributed by atoms with Crippen LogP contribution in [0.4, 0.5) is 0 Å². The Kier molecular flexibility index (Phi) is 3.10. The highest BCUT2D eigenvalue weighted by Gasteiger charge is 2.43. The lowest BCUT2D eigenvalue weighted by Crippen LogP contribution is -2.37. The van der Waals surface area contributed by atoms with E-state index in [-0.39, 0.29) is 0 Å². The van der Waals surface area contributed by atoms with E-state index in [1.807, 2.05) is 0 Å². The van der Waals surface area contributed by atoms with Gasteiger partial charge in [0.2, 0.25) is 0 Å². The lowest BCUT2D eigenvalue weighted by atomic mass is 10.7. The van der Waals surface area contributed by atoms with E-state index in [0.29, 0.717) is 0 Å². The Labute approximate surface area is 67.0 Å². The number of carbonyl (C=O) groups is 1. The van der Waals surface area contributed by atoms with Crippen molar-refractivity contribution in [3.63, 3.8) is 0 Å². The Morgan fingerprint density at radius 3 is 2.17 bits per heavy atom.